The first-order chi connectivity index (χ1) is 19.3. The first-order valence-corrected chi connectivity index (χ1v) is 13.7. The Morgan fingerprint density at radius 1 is 1.19 bits per heavy atom. The molecule has 3 aliphatic carbocycles. The summed E-state index contributed by atoms with van der Waals surface area (Å²) in [6.45, 7) is 4.33. The lowest BCUT2D eigenvalue weighted by molar-refractivity contribution is -0.153. The minimum Gasteiger partial charge on any atom is -0.508 e. The van der Waals surface area contributed by atoms with Gasteiger partial charge in [0, 0.05) is 23.6 Å². The number of likely N-dealkylation sites (tertiary alicyclic amines) is 1. The molecular formula is C29H34F3N3O7. The summed E-state index contributed by atoms with van der Waals surface area (Å²) >= 11 is 0. The van der Waals surface area contributed by atoms with Crippen molar-refractivity contribution in [2.45, 2.75) is 69.4 Å². The number of phenolic OH excluding ortho intramolecular Hbond substituents is 1. The SMILES string of the molecule is CN(C)[C@@H]1C(=O)C(C(N)=O)=C(O)[C@@]2(O)C(=O)C3=C(O)c4c(O)cc(CN5CCCC5(C)C)c(C(F)(F)F)c4C[C@H]3C[C@@H]12. The number of fused-ring (bicyclic) bond motifs is 3. The maximum atomic E-state index is 14.7. The molecule has 42 heavy (non-hydrogen) atoms. The number of ketones is 2. The molecule has 10 nitrogen and oxygen atoms in total. The highest BCUT2D eigenvalue weighted by Crippen LogP contribution is 2.54. The lowest BCUT2D eigenvalue weighted by atomic mass is 9.57. The molecule has 5 rings (SSSR count). The lowest BCUT2D eigenvalue weighted by Crippen LogP contribution is -2.65. The fourth-order valence-corrected chi connectivity index (χ4v) is 7.52. The molecule has 1 amide bonds. The number of aliphatic hydroxyl groups is 3. The van der Waals surface area contributed by atoms with Crippen LogP contribution in [0.1, 0.15) is 55.4 Å². The van der Waals surface area contributed by atoms with Gasteiger partial charge in [0.1, 0.15) is 22.8 Å². The smallest absolute Gasteiger partial charge is 0.417 e. The van der Waals surface area contributed by atoms with E-state index in [1.807, 2.05) is 18.7 Å². The lowest BCUT2D eigenvalue weighted by Gasteiger charge is -2.50. The quantitative estimate of drug-likeness (QED) is 0.330. The standard InChI is InChI=1S/C29H34F3N3O7/c1-27(2)6-5-7-35(27)11-13-10-16(36)18-14(20(13)29(30,31)32)8-12-9-15-21(34(3)4)23(38)19(26(33)41)25(40)28(15,42)24(39)17(12)22(18)37/h10,12,15,21,36-37,40,42H,5-9,11H2,1-4H3,(H2,33,41)/t12-,15-,21-,28-/m0/s1. The predicted octanol–water partition coefficient (Wildman–Crippen LogP) is 2.36. The van der Waals surface area contributed by atoms with E-state index in [0.29, 0.717) is 6.54 Å². The third kappa shape index (κ3) is 4.15. The van der Waals surface area contributed by atoms with E-state index >= 15 is 0 Å². The maximum Gasteiger partial charge on any atom is 0.417 e. The van der Waals surface area contributed by atoms with Crippen LogP contribution in [0.25, 0.3) is 5.76 Å². The van der Waals surface area contributed by atoms with Crippen LogP contribution in [-0.2, 0) is 33.5 Å². The summed E-state index contributed by atoms with van der Waals surface area (Å²) in [5.41, 5.74) is -1.55. The molecule has 0 spiro atoms. The van der Waals surface area contributed by atoms with Gasteiger partial charge >= 0.3 is 6.18 Å². The maximum absolute atomic E-state index is 14.7. The minimum atomic E-state index is -4.88. The average Bonchev–Trinajstić information content (AvgIpc) is 3.17. The normalized spacial score (nSPS) is 29.6. The molecule has 1 saturated carbocycles. The molecule has 6 N–H and O–H groups in total. The van der Waals surface area contributed by atoms with Crippen molar-refractivity contribution in [2.75, 3.05) is 20.6 Å². The number of likely N-dealkylation sites (N-methyl/N-ethyl adjacent to an activating group) is 1. The highest BCUT2D eigenvalue weighted by atomic mass is 19.4. The molecule has 1 heterocycles. The molecular weight excluding hydrogens is 559 g/mol. The van der Waals surface area contributed by atoms with Crippen LogP contribution >= 0.6 is 0 Å². The predicted molar refractivity (Wildman–Crippen MR) is 143 cm³/mol. The van der Waals surface area contributed by atoms with E-state index in [-0.39, 0.29) is 29.6 Å². The van der Waals surface area contributed by atoms with Gasteiger partial charge in [-0.3, -0.25) is 24.2 Å². The van der Waals surface area contributed by atoms with Crippen molar-refractivity contribution in [3.63, 3.8) is 0 Å². The van der Waals surface area contributed by atoms with Crippen LogP contribution in [0.3, 0.4) is 0 Å². The van der Waals surface area contributed by atoms with Gasteiger partial charge in [0.2, 0.25) is 5.78 Å². The summed E-state index contributed by atoms with van der Waals surface area (Å²) in [7, 11) is 2.89. The Balaban J connectivity index is 1.72. The fraction of sp³-hybridized carbons (Fsp3) is 0.552. The van der Waals surface area contributed by atoms with Crippen molar-refractivity contribution in [1.29, 1.82) is 0 Å². The van der Waals surface area contributed by atoms with Crippen LogP contribution in [0.2, 0.25) is 0 Å². The van der Waals surface area contributed by atoms with E-state index in [4.69, 9.17) is 5.73 Å². The van der Waals surface area contributed by atoms with Crippen LogP contribution in [0.4, 0.5) is 13.2 Å². The van der Waals surface area contributed by atoms with Crippen molar-refractivity contribution < 1.29 is 48.0 Å². The van der Waals surface area contributed by atoms with Crippen molar-refractivity contribution in [3.05, 3.63) is 45.2 Å². The molecule has 0 aromatic heterocycles. The Morgan fingerprint density at radius 2 is 1.83 bits per heavy atom. The number of hydrogen-bond donors (Lipinski definition) is 5. The van der Waals surface area contributed by atoms with E-state index in [0.717, 1.165) is 18.9 Å². The van der Waals surface area contributed by atoms with Crippen molar-refractivity contribution in [1.82, 2.24) is 9.80 Å². The summed E-state index contributed by atoms with van der Waals surface area (Å²) in [6, 6.07) is -0.385. The number of aliphatic hydroxyl groups excluding tert-OH is 2. The van der Waals surface area contributed by atoms with Gasteiger partial charge in [0.05, 0.1) is 17.2 Å². The zero-order valence-corrected chi connectivity index (χ0v) is 23.7. The number of phenols is 1. The molecule has 0 radical (unpaired) electrons. The number of rotatable bonds is 4. The Hall–Kier alpha value is -3.42. The molecule has 1 saturated heterocycles. The molecule has 0 unspecified atom stereocenters. The molecule has 1 aliphatic heterocycles. The number of nitrogens with two attached hydrogens (primary N) is 1. The highest BCUT2D eigenvalue weighted by molar-refractivity contribution is 6.24. The number of amides is 1. The molecule has 1 aromatic rings. The minimum absolute atomic E-state index is 0.0994. The van der Waals surface area contributed by atoms with Crippen molar-refractivity contribution in [2.24, 2.45) is 17.6 Å². The summed E-state index contributed by atoms with van der Waals surface area (Å²) in [5, 5.41) is 44.8. The zero-order valence-electron chi connectivity index (χ0n) is 23.7. The van der Waals surface area contributed by atoms with E-state index in [2.05, 4.69) is 0 Å². The van der Waals surface area contributed by atoms with Gasteiger partial charge in [0.15, 0.2) is 11.4 Å². The van der Waals surface area contributed by atoms with E-state index < -0.39 is 93.1 Å². The van der Waals surface area contributed by atoms with Gasteiger partial charge in [-0.05, 0) is 83.3 Å². The Labute approximate surface area is 239 Å². The van der Waals surface area contributed by atoms with Crippen LogP contribution < -0.4 is 5.73 Å². The van der Waals surface area contributed by atoms with E-state index in [9.17, 15) is 48.0 Å². The molecule has 4 aliphatic rings. The van der Waals surface area contributed by atoms with Gasteiger partial charge in [-0.1, -0.05) is 0 Å². The largest absolute Gasteiger partial charge is 0.508 e. The molecule has 4 atom stereocenters. The average molecular weight is 594 g/mol. The molecule has 228 valence electrons. The second kappa shape index (κ2) is 9.55. The number of nitrogens with zero attached hydrogens (tertiary/aromatic N) is 2. The van der Waals surface area contributed by atoms with E-state index in [1.54, 1.807) is 0 Å². The highest BCUT2D eigenvalue weighted by Gasteiger charge is 2.64. The number of carbonyl (C=O) groups is 3. The number of Topliss-reactive ketones (excluding diaryl/α,β-unsaturated/α-hetero) is 2. The van der Waals surface area contributed by atoms with Crippen molar-refractivity contribution >= 4 is 23.2 Å². The molecule has 1 aromatic carbocycles. The molecule has 0 bridgehead atoms. The number of hydrogen-bond acceptors (Lipinski definition) is 9. The van der Waals surface area contributed by atoms with Gasteiger partial charge in [-0.25, -0.2) is 0 Å². The monoisotopic (exact) mass is 593 g/mol. The zero-order chi connectivity index (χ0) is 31.3. The van der Waals surface area contributed by atoms with Crippen LogP contribution in [0.5, 0.6) is 5.75 Å². The van der Waals surface area contributed by atoms with Gasteiger partial charge in [0.25, 0.3) is 5.91 Å². The number of aromatic hydroxyl groups is 1. The van der Waals surface area contributed by atoms with Gasteiger partial charge in [-0.15, -0.1) is 0 Å². The fourth-order valence-electron chi connectivity index (χ4n) is 7.52. The third-order valence-electron chi connectivity index (χ3n) is 9.52. The molecule has 13 heteroatoms. The van der Waals surface area contributed by atoms with Crippen LogP contribution in [0, 0.1) is 11.8 Å². The van der Waals surface area contributed by atoms with Gasteiger partial charge in [-0.2, -0.15) is 13.2 Å². The third-order valence-corrected chi connectivity index (χ3v) is 9.52. The second-order valence-electron chi connectivity index (χ2n) is 12.6. The Morgan fingerprint density at radius 3 is 2.36 bits per heavy atom. The first kappa shape index (κ1) is 30.1. The molecule has 2 fully saturated rings. The van der Waals surface area contributed by atoms with Crippen LogP contribution in [-0.4, -0.2) is 85.5 Å². The Bertz CT molecular complexity index is 1480. The van der Waals surface area contributed by atoms with Gasteiger partial charge < -0.3 is 26.2 Å². The number of carbonyl (C=O) groups excluding carboxylic acids is 3. The summed E-state index contributed by atoms with van der Waals surface area (Å²) in [6.07, 6.45) is -4.02. The summed E-state index contributed by atoms with van der Waals surface area (Å²) in [5.74, 6) is -8.97. The van der Waals surface area contributed by atoms with Crippen LogP contribution in [0.15, 0.2) is 23.0 Å². The number of benzene rings is 1. The van der Waals surface area contributed by atoms with E-state index in [1.165, 1.54) is 19.0 Å². The van der Waals surface area contributed by atoms with Crippen molar-refractivity contribution in [3.8, 4) is 5.75 Å². The number of primary amides is 1. The summed E-state index contributed by atoms with van der Waals surface area (Å²) < 4.78 is 44.2. The second-order valence-corrected chi connectivity index (χ2v) is 12.6. The summed E-state index contributed by atoms with van der Waals surface area (Å²) in [4.78, 5) is 42.4. The Kier molecular flexibility index (Phi) is 6.83. The topological polar surface area (TPSA) is 165 Å². The first-order valence-electron chi connectivity index (χ1n) is 13.7. The number of halogens is 3. The number of alkyl halides is 3.